The summed E-state index contributed by atoms with van der Waals surface area (Å²) >= 11 is 0. The minimum Gasteiger partial charge on any atom is -0.347 e. The predicted octanol–water partition coefficient (Wildman–Crippen LogP) is 2.17. The van der Waals surface area contributed by atoms with Gasteiger partial charge in [0.25, 0.3) is 5.91 Å². The van der Waals surface area contributed by atoms with Crippen molar-refractivity contribution in [3.05, 3.63) is 34.4 Å². The summed E-state index contributed by atoms with van der Waals surface area (Å²) in [6, 6.07) is 4.82. The topological polar surface area (TPSA) is 41.1 Å². The van der Waals surface area contributed by atoms with Crippen LogP contribution in [0.5, 0.6) is 0 Å². The molecule has 108 valence electrons. The van der Waals surface area contributed by atoms with Crippen LogP contribution in [0.15, 0.2) is 12.1 Å². The van der Waals surface area contributed by atoms with Crippen molar-refractivity contribution in [2.24, 2.45) is 5.92 Å². The van der Waals surface area contributed by atoms with Gasteiger partial charge in [0.1, 0.15) is 0 Å². The number of hydrogen-bond acceptors (Lipinski definition) is 2. The Kier molecular flexibility index (Phi) is 3.51. The quantitative estimate of drug-likeness (QED) is 0.877. The zero-order valence-corrected chi connectivity index (χ0v) is 12.6. The third-order valence-corrected chi connectivity index (χ3v) is 4.80. The molecule has 20 heavy (non-hydrogen) atoms. The molecular formula is C16H21ClN2O. The molecule has 0 aromatic heterocycles. The third-order valence-electron chi connectivity index (χ3n) is 4.80. The first kappa shape index (κ1) is 13.9. The van der Waals surface area contributed by atoms with Gasteiger partial charge < -0.3 is 10.6 Å². The second-order valence-corrected chi connectivity index (χ2v) is 6.37. The molecule has 1 aliphatic carbocycles. The van der Waals surface area contributed by atoms with Gasteiger partial charge in [-0.05, 0) is 48.8 Å². The summed E-state index contributed by atoms with van der Waals surface area (Å²) in [5.74, 6) is 1.48. The van der Waals surface area contributed by atoms with E-state index in [2.05, 4.69) is 29.7 Å². The normalized spacial score (nSPS) is 27.4. The Morgan fingerprint density at radius 1 is 1.25 bits per heavy atom. The molecule has 0 unspecified atom stereocenters. The largest absolute Gasteiger partial charge is 0.347 e. The molecule has 4 heteroatoms. The Morgan fingerprint density at radius 3 is 2.80 bits per heavy atom. The molecule has 2 fully saturated rings. The summed E-state index contributed by atoms with van der Waals surface area (Å²) < 4.78 is 0. The van der Waals surface area contributed by atoms with Crippen molar-refractivity contribution < 1.29 is 4.79 Å². The zero-order valence-electron chi connectivity index (χ0n) is 11.7. The first-order valence-electron chi connectivity index (χ1n) is 7.37. The summed E-state index contributed by atoms with van der Waals surface area (Å²) in [7, 11) is 0. The van der Waals surface area contributed by atoms with Crippen LogP contribution >= 0.6 is 12.4 Å². The van der Waals surface area contributed by atoms with Crippen LogP contribution in [-0.4, -0.2) is 25.0 Å². The SMILES string of the molecule is Cc1cc(CC2CC2)cc2c1C(=O)N[C@H]1CNC[C@H]21.Cl. The lowest BCUT2D eigenvalue weighted by Gasteiger charge is -2.30. The van der Waals surface area contributed by atoms with E-state index in [-0.39, 0.29) is 24.4 Å². The summed E-state index contributed by atoms with van der Waals surface area (Å²) in [5, 5.41) is 6.55. The lowest BCUT2D eigenvalue weighted by molar-refractivity contribution is 0.0923. The highest BCUT2D eigenvalue weighted by atomic mass is 35.5. The molecule has 3 aliphatic rings. The molecular weight excluding hydrogens is 272 g/mol. The van der Waals surface area contributed by atoms with Crippen LogP contribution in [0, 0.1) is 12.8 Å². The fraction of sp³-hybridized carbons (Fsp3) is 0.562. The monoisotopic (exact) mass is 292 g/mol. The average molecular weight is 293 g/mol. The first-order chi connectivity index (χ1) is 9.22. The van der Waals surface area contributed by atoms with Crippen molar-refractivity contribution in [1.29, 1.82) is 0 Å². The van der Waals surface area contributed by atoms with Crippen molar-refractivity contribution in [3.63, 3.8) is 0 Å². The number of amides is 1. The number of nitrogens with one attached hydrogen (secondary N) is 2. The predicted molar refractivity (Wildman–Crippen MR) is 81.7 cm³/mol. The highest BCUT2D eigenvalue weighted by molar-refractivity contribution is 5.99. The number of rotatable bonds is 2. The highest BCUT2D eigenvalue weighted by Gasteiger charge is 2.37. The molecule has 4 rings (SSSR count). The fourth-order valence-electron chi connectivity index (χ4n) is 3.67. The van der Waals surface area contributed by atoms with Crippen molar-refractivity contribution >= 4 is 18.3 Å². The van der Waals surface area contributed by atoms with Gasteiger partial charge in [-0.1, -0.05) is 12.1 Å². The average Bonchev–Trinajstić information content (AvgIpc) is 3.04. The van der Waals surface area contributed by atoms with Gasteiger partial charge in [-0.2, -0.15) is 0 Å². The van der Waals surface area contributed by atoms with E-state index < -0.39 is 0 Å². The minimum absolute atomic E-state index is 0. The number of fused-ring (bicyclic) bond motifs is 3. The van der Waals surface area contributed by atoms with Gasteiger partial charge in [0.05, 0.1) is 0 Å². The van der Waals surface area contributed by atoms with E-state index in [1.165, 1.54) is 30.4 Å². The Bertz CT molecular complexity index is 554. The lowest BCUT2D eigenvalue weighted by Crippen LogP contribution is -2.44. The molecule has 1 amide bonds. The van der Waals surface area contributed by atoms with Crippen LogP contribution in [0.25, 0.3) is 0 Å². The van der Waals surface area contributed by atoms with E-state index in [0.29, 0.717) is 5.92 Å². The van der Waals surface area contributed by atoms with E-state index in [9.17, 15) is 4.79 Å². The van der Waals surface area contributed by atoms with Crippen molar-refractivity contribution in [1.82, 2.24) is 10.6 Å². The number of benzene rings is 1. The van der Waals surface area contributed by atoms with Gasteiger partial charge in [-0.25, -0.2) is 0 Å². The number of aryl methyl sites for hydroxylation is 1. The van der Waals surface area contributed by atoms with E-state index in [1.807, 2.05) is 0 Å². The molecule has 1 saturated carbocycles. The molecule has 0 radical (unpaired) electrons. The van der Waals surface area contributed by atoms with Crippen molar-refractivity contribution in [2.45, 2.75) is 38.1 Å². The maximum Gasteiger partial charge on any atom is 0.252 e. The molecule has 2 N–H and O–H groups in total. The van der Waals surface area contributed by atoms with E-state index in [4.69, 9.17) is 0 Å². The Hall–Kier alpha value is -1.06. The van der Waals surface area contributed by atoms with E-state index in [1.54, 1.807) is 0 Å². The zero-order chi connectivity index (χ0) is 13.0. The van der Waals surface area contributed by atoms with E-state index >= 15 is 0 Å². The molecule has 1 aromatic carbocycles. The number of hydrogen-bond donors (Lipinski definition) is 2. The number of halogens is 1. The highest BCUT2D eigenvalue weighted by Crippen LogP contribution is 2.37. The molecule has 3 nitrogen and oxygen atoms in total. The van der Waals surface area contributed by atoms with Gasteiger partial charge in [0.15, 0.2) is 0 Å². The van der Waals surface area contributed by atoms with Crippen LogP contribution in [0.2, 0.25) is 0 Å². The number of carbonyl (C=O) groups is 1. The third kappa shape index (κ3) is 2.23. The summed E-state index contributed by atoms with van der Waals surface area (Å²) in [6.07, 6.45) is 3.95. The van der Waals surface area contributed by atoms with Gasteiger partial charge in [-0.3, -0.25) is 4.79 Å². The van der Waals surface area contributed by atoms with Crippen LogP contribution in [0.1, 0.15) is 45.8 Å². The maximum absolute atomic E-state index is 12.3. The van der Waals surface area contributed by atoms with Crippen molar-refractivity contribution in [2.75, 3.05) is 13.1 Å². The lowest BCUT2D eigenvalue weighted by atomic mass is 9.82. The second kappa shape index (κ2) is 5.05. The van der Waals surface area contributed by atoms with Gasteiger partial charge in [-0.15, -0.1) is 12.4 Å². The summed E-state index contributed by atoms with van der Waals surface area (Å²) in [5.41, 5.74) is 4.80. The molecule has 2 heterocycles. The first-order valence-corrected chi connectivity index (χ1v) is 7.37. The molecule has 1 saturated heterocycles. The number of carbonyl (C=O) groups excluding carboxylic acids is 1. The van der Waals surface area contributed by atoms with Crippen LogP contribution in [-0.2, 0) is 6.42 Å². The molecule has 2 aliphatic heterocycles. The maximum atomic E-state index is 12.3. The summed E-state index contributed by atoms with van der Waals surface area (Å²) in [6.45, 7) is 3.98. The molecule has 0 spiro atoms. The molecule has 1 aromatic rings. The van der Waals surface area contributed by atoms with Gasteiger partial charge in [0, 0.05) is 30.6 Å². The van der Waals surface area contributed by atoms with Crippen LogP contribution in [0.3, 0.4) is 0 Å². The van der Waals surface area contributed by atoms with Crippen LogP contribution < -0.4 is 10.6 Å². The Balaban J connectivity index is 0.00000121. The Morgan fingerprint density at radius 2 is 2.05 bits per heavy atom. The minimum atomic E-state index is 0. The second-order valence-electron chi connectivity index (χ2n) is 6.37. The van der Waals surface area contributed by atoms with Crippen molar-refractivity contribution in [3.8, 4) is 0 Å². The smallest absolute Gasteiger partial charge is 0.252 e. The molecule has 0 bridgehead atoms. The summed E-state index contributed by atoms with van der Waals surface area (Å²) in [4.78, 5) is 12.3. The van der Waals surface area contributed by atoms with E-state index in [0.717, 1.165) is 30.1 Å². The fourth-order valence-corrected chi connectivity index (χ4v) is 3.67. The van der Waals surface area contributed by atoms with Gasteiger partial charge >= 0.3 is 0 Å². The molecule has 2 atom stereocenters. The van der Waals surface area contributed by atoms with Crippen LogP contribution in [0.4, 0.5) is 0 Å². The van der Waals surface area contributed by atoms with Gasteiger partial charge in [0.2, 0.25) is 0 Å². The Labute approximate surface area is 125 Å². The standard InChI is InChI=1S/C16H20N2O.ClH/c1-9-4-11(5-10-2-3-10)6-12-13-7-17-8-14(13)18-16(19)15(9)12;/h4,6,10,13-14,17H,2-3,5,7-8H2,1H3,(H,18,19);1H/t13-,14+;/m1./s1.